The highest BCUT2D eigenvalue weighted by Crippen LogP contribution is 2.15. The quantitative estimate of drug-likeness (QED) is 0.911. The summed E-state index contributed by atoms with van der Waals surface area (Å²) in [6, 6.07) is 3.41. The van der Waals surface area contributed by atoms with Crippen molar-refractivity contribution in [3.63, 3.8) is 0 Å². The topological polar surface area (TPSA) is 43.8 Å². The summed E-state index contributed by atoms with van der Waals surface area (Å²) in [7, 11) is 0. The van der Waals surface area contributed by atoms with E-state index in [4.69, 9.17) is 5.73 Å². The van der Waals surface area contributed by atoms with E-state index >= 15 is 0 Å². The van der Waals surface area contributed by atoms with E-state index < -0.39 is 11.6 Å². The molecule has 1 heterocycles. The van der Waals surface area contributed by atoms with Crippen LogP contribution in [0.2, 0.25) is 0 Å². The molecule has 0 aliphatic rings. The number of hydrogen-bond donors (Lipinski definition) is 1. The Hall–Kier alpha value is -1.75. The molecule has 0 bridgehead atoms. The fourth-order valence-corrected chi connectivity index (χ4v) is 1.75. The molecule has 1 atom stereocenters. The monoisotopic (exact) mass is 251 g/mol. The maximum absolute atomic E-state index is 13.5. The highest BCUT2D eigenvalue weighted by atomic mass is 19.1. The van der Waals surface area contributed by atoms with Crippen molar-refractivity contribution in [1.82, 2.24) is 9.55 Å². The van der Waals surface area contributed by atoms with Crippen LogP contribution in [0.5, 0.6) is 0 Å². The molecule has 0 spiro atoms. The van der Waals surface area contributed by atoms with E-state index in [0.717, 1.165) is 17.6 Å². The second-order valence-electron chi connectivity index (χ2n) is 4.37. The maximum atomic E-state index is 13.5. The van der Waals surface area contributed by atoms with Crippen molar-refractivity contribution in [2.24, 2.45) is 5.73 Å². The van der Waals surface area contributed by atoms with Crippen LogP contribution in [0, 0.1) is 18.6 Å². The van der Waals surface area contributed by atoms with Gasteiger partial charge in [0.25, 0.3) is 0 Å². The zero-order valence-electron chi connectivity index (χ0n) is 10.3. The molecule has 96 valence electrons. The van der Waals surface area contributed by atoms with Gasteiger partial charge in [-0.15, -0.1) is 0 Å². The lowest BCUT2D eigenvalue weighted by Crippen LogP contribution is -2.05. The van der Waals surface area contributed by atoms with Crippen LogP contribution >= 0.6 is 0 Å². The Morgan fingerprint density at radius 1 is 1.39 bits per heavy atom. The first kappa shape index (κ1) is 12.7. The van der Waals surface area contributed by atoms with Gasteiger partial charge < -0.3 is 10.3 Å². The predicted octanol–water partition coefficient (Wildman–Crippen LogP) is 2.54. The van der Waals surface area contributed by atoms with Gasteiger partial charge in [-0.3, -0.25) is 0 Å². The number of rotatable bonds is 3. The van der Waals surface area contributed by atoms with E-state index in [9.17, 15) is 8.78 Å². The second-order valence-corrected chi connectivity index (χ2v) is 4.37. The molecule has 0 aliphatic carbocycles. The minimum atomic E-state index is -0.574. The number of imidazole rings is 1. The highest BCUT2D eigenvalue weighted by Gasteiger charge is 2.10. The first-order chi connectivity index (χ1) is 8.47. The maximum Gasteiger partial charge on any atom is 0.131 e. The van der Waals surface area contributed by atoms with Crippen LogP contribution in [0.3, 0.4) is 0 Å². The van der Waals surface area contributed by atoms with E-state index in [1.54, 1.807) is 10.8 Å². The molecular formula is C13H15F2N3. The number of benzene rings is 1. The first-order valence-corrected chi connectivity index (χ1v) is 5.70. The largest absolute Gasteiger partial charge is 0.330 e. The Morgan fingerprint density at radius 3 is 2.67 bits per heavy atom. The second kappa shape index (κ2) is 4.86. The molecule has 18 heavy (non-hydrogen) atoms. The third-order valence-electron chi connectivity index (χ3n) is 2.82. The molecule has 1 aromatic heterocycles. The van der Waals surface area contributed by atoms with Crippen molar-refractivity contribution in [3.05, 3.63) is 53.1 Å². The van der Waals surface area contributed by atoms with Gasteiger partial charge >= 0.3 is 0 Å². The number of halogens is 2. The summed E-state index contributed by atoms with van der Waals surface area (Å²) >= 11 is 0. The van der Waals surface area contributed by atoms with Crippen LogP contribution in [0.25, 0.3) is 0 Å². The van der Waals surface area contributed by atoms with Crippen molar-refractivity contribution in [3.8, 4) is 0 Å². The summed E-state index contributed by atoms with van der Waals surface area (Å²) in [4.78, 5) is 4.29. The minimum absolute atomic E-state index is 0.164. The lowest BCUT2D eigenvalue weighted by atomic mass is 10.2. The van der Waals surface area contributed by atoms with E-state index in [1.165, 1.54) is 12.1 Å². The summed E-state index contributed by atoms with van der Waals surface area (Å²) < 4.78 is 28.1. The predicted molar refractivity (Wildman–Crippen MR) is 65.0 cm³/mol. The van der Waals surface area contributed by atoms with Crippen LogP contribution in [-0.2, 0) is 6.54 Å². The normalized spacial score (nSPS) is 12.7. The number of nitrogens with zero attached hydrogens (tertiary/aromatic N) is 2. The summed E-state index contributed by atoms with van der Waals surface area (Å²) in [6.45, 7) is 3.98. The van der Waals surface area contributed by atoms with Crippen LogP contribution in [-0.4, -0.2) is 9.55 Å². The third-order valence-corrected chi connectivity index (χ3v) is 2.82. The highest BCUT2D eigenvalue weighted by molar-refractivity contribution is 5.20. The Balaban J connectivity index is 2.28. The molecule has 0 radical (unpaired) electrons. The molecule has 0 aliphatic heterocycles. The van der Waals surface area contributed by atoms with Gasteiger partial charge in [-0.2, -0.15) is 0 Å². The molecule has 3 nitrogen and oxygen atoms in total. The van der Waals surface area contributed by atoms with Gasteiger partial charge in [0, 0.05) is 23.9 Å². The molecule has 1 aromatic carbocycles. The van der Waals surface area contributed by atoms with E-state index in [-0.39, 0.29) is 6.04 Å². The summed E-state index contributed by atoms with van der Waals surface area (Å²) in [6.07, 6.45) is 1.79. The Bertz CT molecular complexity index is 561. The average molecular weight is 251 g/mol. The lowest BCUT2D eigenvalue weighted by molar-refractivity contribution is 0.565. The zero-order valence-corrected chi connectivity index (χ0v) is 10.3. The first-order valence-electron chi connectivity index (χ1n) is 5.70. The molecule has 2 aromatic rings. The van der Waals surface area contributed by atoms with Gasteiger partial charge in [0.05, 0.1) is 12.2 Å². The molecule has 0 fully saturated rings. The van der Waals surface area contributed by atoms with Crippen molar-refractivity contribution >= 4 is 0 Å². The minimum Gasteiger partial charge on any atom is -0.330 e. The smallest absolute Gasteiger partial charge is 0.131 e. The SMILES string of the molecule is Cc1nc([C@H](C)N)cn1Cc1ccc(F)cc1F. The number of aryl methyl sites for hydroxylation is 1. The summed E-state index contributed by atoms with van der Waals surface area (Å²) in [5.74, 6) is -0.369. The molecule has 0 saturated heterocycles. The van der Waals surface area contributed by atoms with Crippen molar-refractivity contribution in [1.29, 1.82) is 0 Å². The van der Waals surface area contributed by atoms with Crippen LogP contribution in [0.1, 0.15) is 30.0 Å². The van der Waals surface area contributed by atoms with Crippen molar-refractivity contribution < 1.29 is 8.78 Å². The average Bonchev–Trinajstić information content (AvgIpc) is 2.64. The zero-order chi connectivity index (χ0) is 13.3. The fourth-order valence-electron chi connectivity index (χ4n) is 1.75. The molecule has 0 amide bonds. The number of hydrogen-bond acceptors (Lipinski definition) is 2. The Morgan fingerprint density at radius 2 is 2.11 bits per heavy atom. The van der Waals surface area contributed by atoms with Crippen LogP contribution in [0.4, 0.5) is 8.78 Å². The lowest BCUT2D eigenvalue weighted by Gasteiger charge is -2.06. The molecule has 2 rings (SSSR count). The Labute approximate surface area is 104 Å². The number of nitrogens with two attached hydrogens (primary N) is 1. The van der Waals surface area contributed by atoms with Crippen molar-refractivity contribution in [2.45, 2.75) is 26.4 Å². The van der Waals surface area contributed by atoms with Gasteiger partial charge in [0.2, 0.25) is 0 Å². The molecule has 0 unspecified atom stereocenters. The molecule has 2 N–H and O–H groups in total. The molecule has 5 heteroatoms. The third kappa shape index (κ3) is 2.56. The van der Waals surface area contributed by atoms with Gasteiger partial charge in [-0.1, -0.05) is 6.07 Å². The van der Waals surface area contributed by atoms with Gasteiger partial charge in [-0.05, 0) is 19.9 Å². The van der Waals surface area contributed by atoms with Crippen LogP contribution in [0.15, 0.2) is 24.4 Å². The van der Waals surface area contributed by atoms with E-state index in [2.05, 4.69) is 4.98 Å². The van der Waals surface area contributed by atoms with Gasteiger partial charge in [0.1, 0.15) is 17.5 Å². The summed E-state index contributed by atoms with van der Waals surface area (Å²) in [5, 5.41) is 0. The summed E-state index contributed by atoms with van der Waals surface area (Å²) in [5.41, 5.74) is 6.92. The van der Waals surface area contributed by atoms with E-state index in [1.807, 2.05) is 13.8 Å². The van der Waals surface area contributed by atoms with Crippen LogP contribution < -0.4 is 5.73 Å². The number of aromatic nitrogens is 2. The molecular weight excluding hydrogens is 236 g/mol. The molecule has 0 saturated carbocycles. The van der Waals surface area contributed by atoms with E-state index in [0.29, 0.717) is 12.1 Å². The van der Waals surface area contributed by atoms with Gasteiger partial charge in [-0.25, -0.2) is 13.8 Å². The fraction of sp³-hybridized carbons (Fsp3) is 0.308. The van der Waals surface area contributed by atoms with Crippen molar-refractivity contribution in [2.75, 3.05) is 0 Å². The Kier molecular flexibility index (Phi) is 3.43. The standard InChI is InChI=1S/C13H15F2N3/c1-8(16)13-7-18(9(2)17-13)6-10-3-4-11(14)5-12(10)15/h3-5,7-8H,6,16H2,1-2H3/t8-/m0/s1. The van der Waals surface area contributed by atoms with Gasteiger partial charge in [0.15, 0.2) is 0 Å².